The second-order valence-corrected chi connectivity index (χ2v) is 8.34. The Labute approximate surface area is 214 Å². The smallest absolute Gasteiger partial charge is 0.373 e. The minimum atomic E-state index is -4.59. The molecule has 4 aromatic rings. The molecule has 0 fully saturated rings. The summed E-state index contributed by atoms with van der Waals surface area (Å²) in [5, 5.41) is 8.15. The Morgan fingerprint density at radius 3 is 2.50 bits per heavy atom. The van der Waals surface area contributed by atoms with E-state index in [-0.39, 0.29) is 29.0 Å². The van der Waals surface area contributed by atoms with Crippen LogP contribution in [-0.2, 0) is 19.3 Å². The van der Waals surface area contributed by atoms with Crippen LogP contribution in [0, 0.1) is 5.82 Å². The molecule has 2 heterocycles. The molecule has 2 amide bonds. The zero-order chi connectivity index (χ0) is 27.6. The van der Waals surface area contributed by atoms with E-state index in [0.717, 1.165) is 24.3 Å². The Hall–Kier alpha value is -4.45. The van der Waals surface area contributed by atoms with Gasteiger partial charge in [-0.1, -0.05) is 6.07 Å². The fourth-order valence-corrected chi connectivity index (χ4v) is 4.10. The van der Waals surface area contributed by atoms with E-state index in [1.807, 2.05) is 6.92 Å². The largest absolute Gasteiger partial charge is 0.416 e. The maximum absolute atomic E-state index is 14.9. The highest BCUT2D eigenvalue weighted by molar-refractivity contribution is 6.00. The number of fused-ring (bicyclic) bond motifs is 1. The number of amides is 2. The van der Waals surface area contributed by atoms with E-state index in [1.165, 1.54) is 12.1 Å². The summed E-state index contributed by atoms with van der Waals surface area (Å²) in [6.07, 6.45) is -2.99. The first-order valence-corrected chi connectivity index (χ1v) is 11.5. The van der Waals surface area contributed by atoms with Gasteiger partial charge < -0.3 is 26.3 Å². The van der Waals surface area contributed by atoms with Gasteiger partial charge >= 0.3 is 12.2 Å². The summed E-state index contributed by atoms with van der Waals surface area (Å²) >= 11 is 0. The Kier molecular flexibility index (Phi) is 7.35. The second kappa shape index (κ2) is 10.5. The van der Waals surface area contributed by atoms with E-state index in [4.69, 9.17) is 5.73 Å². The monoisotopic (exact) mass is 528 g/mol. The molecule has 12 heteroatoms. The second-order valence-electron chi connectivity index (χ2n) is 8.34. The van der Waals surface area contributed by atoms with Crippen molar-refractivity contribution in [1.29, 1.82) is 0 Å². The standard InChI is InChI=1S/C26H24F4N6O2/c1-3-36-22-11-23(32-2)33-13-15(22)7-19(24(36)37)18-10-21(20(27)8-14(18)12-31)35-25(38)34-17-6-4-5-16(9-17)26(28,29)30/h4-11,13H,3,12,31H2,1-2H3,(H,32,33)(H2,34,35,38). The first kappa shape index (κ1) is 26.6. The molecular weight excluding hydrogens is 504 g/mol. The molecule has 0 bridgehead atoms. The summed E-state index contributed by atoms with van der Waals surface area (Å²) in [6, 6.07) is 8.81. The van der Waals surface area contributed by atoms with E-state index in [1.54, 1.807) is 29.9 Å². The van der Waals surface area contributed by atoms with Gasteiger partial charge in [-0.3, -0.25) is 4.79 Å². The summed E-state index contributed by atoms with van der Waals surface area (Å²) in [4.78, 5) is 30.3. The maximum Gasteiger partial charge on any atom is 0.416 e. The van der Waals surface area contributed by atoms with Gasteiger partial charge in [-0.25, -0.2) is 14.2 Å². The lowest BCUT2D eigenvalue weighted by atomic mass is 9.98. The van der Waals surface area contributed by atoms with Gasteiger partial charge in [0, 0.05) is 49.0 Å². The number of pyridine rings is 2. The van der Waals surface area contributed by atoms with Crippen LogP contribution in [0.15, 0.2) is 59.5 Å². The van der Waals surface area contributed by atoms with E-state index in [9.17, 15) is 27.2 Å². The summed E-state index contributed by atoms with van der Waals surface area (Å²) in [6.45, 7) is 2.06. The quantitative estimate of drug-likeness (QED) is 0.251. The number of carbonyl (C=O) groups is 1. The topological polar surface area (TPSA) is 114 Å². The lowest BCUT2D eigenvalue weighted by Crippen LogP contribution is -2.23. The number of anilines is 3. The molecule has 0 atom stereocenters. The normalized spacial score (nSPS) is 11.4. The van der Waals surface area contributed by atoms with Crippen LogP contribution in [0.5, 0.6) is 0 Å². The van der Waals surface area contributed by atoms with E-state index >= 15 is 0 Å². The molecule has 0 radical (unpaired) electrons. The zero-order valence-corrected chi connectivity index (χ0v) is 20.4. The van der Waals surface area contributed by atoms with Crippen molar-refractivity contribution in [3.8, 4) is 11.1 Å². The van der Waals surface area contributed by atoms with Crippen LogP contribution in [0.25, 0.3) is 22.0 Å². The molecule has 198 valence electrons. The third kappa shape index (κ3) is 5.30. The molecule has 0 saturated heterocycles. The number of halogens is 4. The number of benzene rings is 2. The molecule has 2 aromatic heterocycles. The highest BCUT2D eigenvalue weighted by Gasteiger charge is 2.30. The summed E-state index contributed by atoms with van der Waals surface area (Å²) in [7, 11) is 1.71. The minimum Gasteiger partial charge on any atom is -0.373 e. The first-order chi connectivity index (χ1) is 18.0. The molecule has 5 N–H and O–H groups in total. The SMILES string of the molecule is CCn1c(=O)c(-c2cc(NC(=O)Nc3cccc(C(F)(F)F)c3)c(F)cc2CN)cc2cnc(NC)cc21. The van der Waals surface area contributed by atoms with Gasteiger partial charge in [0.05, 0.1) is 16.8 Å². The number of nitrogens with one attached hydrogen (secondary N) is 3. The van der Waals surface area contributed by atoms with E-state index in [0.29, 0.717) is 34.4 Å². The number of nitrogens with zero attached hydrogens (tertiary/aromatic N) is 2. The van der Waals surface area contributed by atoms with Crippen molar-refractivity contribution < 1.29 is 22.4 Å². The Morgan fingerprint density at radius 1 is 1.08 bits per heavy atom. The number of alkyl halides is 3. The maximum atomic E-state index is 14.9. The molecule has 2 aromatic carbocycles. The van der Waals surface area contributed by atoms with Crippen molar-refractivity contribution in [2.75, 3.05) is 23.0 Å². The molecule has 0 aliphatic rings. The van der Waals surface area contributed by atoms with E-state index in [2.05, 4.69) is 20.9 Å². The van der Waals surface area contributed by atoms with Gasteiger partial charge in [-0.2, -0.15) is 13.2 Å². The van der Waals surface area contributed by atoms with Crippen molar-refractivity contribution in [3.05, 3.63) is 82.0 Å². The first-order valence-electron chi connectivity index (χ1n) is 11.5. The van der Waals surface area contributed by atoms with Crippen LogP contribution >= 0.6 is 0 Å². The van der Waals surface area contributed by atoms with Gasteiger partial charge in [0.25, 0.3) is 5.56 Å². The average molecular weight is 529 g/mol. The summed E-state index contributed by atoms with van der Waals surface area (Å²) in [5.74, 6) is -0.250. The van der Waals surface area contributed by atoms with Crippen molar-refractivity contribution in [2.24, 2.45) is 5.73 Å². The highest BCUT2D eigenvalue weighted by Crippen LogP contribution is 2.32. The van der Waals surface area contributed by atoms with E-state index < -0.39 is 23.6 Å². The zero-order valence-electron chi connectivity index (χ0n) is 20.4. The third-order valence-electron chi connectivity index (χ3n) is 5.95. The number of urea groups is 1. The fraction of sp³-hybridized carbons (Fsp3) is 0.192. The predicted octanol–water partition coefficient (Wildman–Crippen LogP) is 5.39. The Morgan fingerprint density at radius 2 is 1.84 bits per heavy atom. The Balaban J connectivity index is 1.74. The Bertz CT molecular complexity index is 1580. The van der Waals surface area contributed by atoms with Crippen LogP contribution in [0.4, 0.5) is 39.5 Å². The molecule has 4 rings (SSSR count). The van der Waals surface area contributed by atoms with Crippen molar-refractivity contribution in [1.82, 2.24) is 9.55 Å². The lowest BCUT2D eigenvalue weighted by Gasteiger charge is -2.16. The number of rotatable bonds is 6. The van der Waals surface area contributed by atoms with Gasteiger partial charge in [0.1, 0.15) is 11.6 Å². The van der Waals surface area contributed by atoms with Gasteiger partial charge in [-0.15, -0.1) is 0 Å². The molecule has 38 heavy (non-hydrogen) atoms. The molecule has 0 unspecified atom stereocenters. The molecule has 8 nitrogen and oxygen atoms in total. The van der Waals surface area contributed by atoms with Gasteiger partial charge in [-0.05, 0) is 54.4 Å². The number of aryl methyl sites for hydroxylation is 1. The predicted molar refractivity (Wildman–Crippen MR) is 139 cm³/mol. The van der Waals surface area contributed by atoms with Crippen LogP contribution in [0.2, 0.25) is 0 Å². The molecule has 0 aliphatic heterocycles. The van der Waals surface area contributed by atoms with Gasteiger partial charge in [0.2, 0.25) is 0 Å². The fourth-order valence-electron chi connectivity index (χ4n) is 4.10. The van der Waals surface area contributed by atoms with Crippen molar-refractivity contribution in [2.45, 2.75) is 26.2 Å². The van der Waals surface area contributed by atoms with Crippen LogP contribution in [0.1, 0.15) is 18.1 Å². The van der Waals surface area contributed by atoms with Crippen LogP contribution < -0.4 is 27.2 Å². The molecule has 0 aliphatic carbocycles. The molecule has 0 saturated carbocycles. The minimum absolute atomic E-state index is 0.0937. The van der Waals surface area contributed by atoms with Crippen LogP contribution in [0.3, 0.4) is 0 Å². The molecular formula is C26H24F4N6O2. The van der Waals surface area contributed by atoms with Crippen molar-refractivity contribution >= 4 is 34.1 Å². The number of hydrogen-bond acceptors (Lipinski definition) is 5. The van der Waals surface area contributed by atoms with Gasteiger partial charge in [0.15, 0.2) is 0 Å². The number of carbonyl (C=O) groups excluding carboxylic acids is 1. The summed E-state index contributed by atoms with van der Waals surface area (Å²) in [5.41, 5.74) is 5.62. The number of aromatic nitrogens is 2. The van der Waals surface area contributed by atoms with Crippen molar-refractivity contribution in [3.63, 3.8) is 0 Å². The highest BCUT2D eigenvalue weighted by atomic mass is 19.4. The number of nitrogens with two attached hydrogens (primary N) is 1. The number of hydrogen-bond donors (Lipinski definition) is 4. The molecule has 0 spiro atoms. The average Bonchev–Trinajstić information content (AvgIpc) is 2.88. The third-order valence-corrected chi connectivity index (χ3v) is 5.95. The summed E-state index contributed by atoms with van der Waals surface area (Å²) < 4.78 is 55.4. The lowest BCUT2D eigenvalue weighted by molar-refractivity contribution is -0.137. The van der Waals surface area contributed by atoms with Crippen LogP contribution in [-0.4, -0.2) is 22.6 Å².